The molecule has 5 nitrogen and oxygen atoms in total. The Balaban J connectivity index is 1.41. The van der Waals surface area contributed by atoms with Crippen LogP contribution in [0.3, 0.4) is 0 Å². The number of nitrogens with zero attached hydrogens (tertiary/aromatic N) is 3. The van der Waals surface area contributed by atoms with Gasteiger partial charge in [0.05, 0.1) is 17.7 Å². The minimum atomic E-state index is -0.551. The summed E-state index contributed by atoms with van der Waals surface area (Å²) in [5, 5.41) is 0.696. The van der Waals surface area contributed by atoms with Crippen molar-refractivity contribution in [3.05, 3.63) is 69.6 Å². The van der Waals surface area contributed by atoms with Gasteiger partial charge in [-0.3, -0.25) is 9.79 Å². The minimum absolute atomic E-state index is 0.0290. The zero-order valence-electron chi connectivity index (χ0n) is 18.9. The van der Waals surface area contributed by atoms with Crippen molar-refractivity contribution in [2.45, 2.75) is 18.5 Å². The third kappa shape index (κ3) is 4.19. The number of hydrogen-bond donors (Lipinski definition) is 0. The SMILES string of the molecule is COc1cc(C2N=Cc3cc(-c4ccc(Cl)cc4)sc3C2=O)ccc1N1CCC(N(C)C)C1. The topological polar surface area (TPSA) is 45.1 Å². The molecule has 2 atom stereocenters. The van der Waals surface area contributed by atoms with E-state index >= 15 is 0 Å². The molecule has 170 valence electrons. The molecule has 2 unspecified atom stereocenters. The molecular formula is C26H26ClN3O2S. The molecule has 1 aromatic heterocycles. The summed E-state index contributed by atoms with van der Waals surface area (Å²) in [4.78, 5) is 24.4. The molecule has 1 saturated heterocycles. The van der Waals surface area contributed by atoms with Gasteiger partial charge >= 0.3 is 0 Å². The fourth-order valence-electron chi connectivity index (χ4n) is 4.54. The molecule has 2 aliphatic heterocycles. The van der Waals surface area contributed by atoms with Crippen LogP contribution in [0.15, 0.2) is 53.5 Å². The highest BCUT2D eigenvalue weighted by molar-refractivity contribution is 7.17. The van der Waals surface area contributed by atoms with Crippen molar-refractivity contribution in [1.29, 1.82) is 0 Å². The third-order valence-electron chi connectivity index (χ3n) is 6.48. The number of carbonyl (C=O) groups excluding carboxylic acids is 1. The van der Waals surface area contributed by atoms with E-state index in [0.717, 1.165) is 57.4 Å². The summed E-state index contributed by atoms with van der Waals surface area (Å²) >= 11 is 7.53. The first kappa shape index (κ1) is 22.1. The lowest BCUT2D eigenvalue weighted by Crippen LogP contribution is -2.31. The van der Waals surface area contributed by atoms with E-state index < -0.39 is 6.04 Å². The molecule has 0 aliphatic carbocycles. The first-order valence-corrected chi connectivity index (χ1v) is 12.2. The molecule has 0 saturated carbocycles. The summed E-state index contributed by atoms with van der Waals surface area (Å²) in [6.45, 7) is 1.96. The van der Waals surface area contributed by atoms with E-state index in [9.17, 15) is 4.79 Å². The predicted molar refractivity (Wildman–Crippen MR) is 137 cm³/mol. The maximum Gasteiger partial charge on any atom is 0.202 e. The second-order valence-electron chi connectivity index (χ2n) is 8.73. The number of benzene rings is 2. The van der Waals surface area contributed by atoms with Gasteiger partial charge in [0.25, 0.3) is 0 Å². The van der Waals surface area contributed by atoms with Crippen LogP contribution in [0.5, 0.6) is 5.75 Å². The summed E-state index contributed by atoms with van der Waals surface area (Å²) in [6, 6.07) is 15.7. The molecule has 0 amide bonds. The van der Waals surface area contributed by atoms with Crippen LogP contribution in [-0.4, -0.2) is 57.2 Å². The highest BCUT2D eigenvalue weighted by atomic mass is 35.5. The number of rotatable bonds is 5. The summed E-state index contributed by atoms with van der Waals surface area (Å²) < 4.78 is 5.73. The van der Waals surface area contributed by atoms with Crippen molar-refractivity contribution in [3.63, 3.8) is 0 Å². The Kier molecular flexibility index (Phi) is 5.99. The molecular weight excluding hydrogens is 454 g/mol. The maximum absolute atomic E-state index is 13.4. The number of hydrogen-bond acceptors (Lipinski definition) is 6. The maximum atomic E-state index is 13.4. The van der Waals surface area contributed by atoms with Gasteiger partial charge in [-0.2, -0.15) is 0 Å². The van der Waals surface area contributed by atoms with Crippen molar-refractivity contribution in [2.24, 2.45) is 4.99 Å². The van der Waals surface area contributed by atoms with Gasteiger partial charge in [0.15, 0.2) is 0 Å². The van der Waals surface area contributed by atoms with E-state index in [1.165, 1.54) is 11.3 Å². The molecule has 3 aromatic rings. The summed E-state index contributed by atoms with van der Waals surface area (Å²) in [6.07, 6.45) is 2.94. The van der Waals surface area contributed by atoms with Gasteiger partial charge in [-0.05, 0) is 62.0 Å². The van der Waals surface area contributed by atoms with Crippen molar-refractivity contribution in [3.8, 4) is 16.2 Å². The molecule has 0 bridgehead atoms. The van der Waals surface area contributed by atoms with Crippen LogP contribution in [0.2, 0.25) is 5.02 Å². The number of halogens is 1. The number of Topliss-reactive ketones (excluding diaryl/α,β-unsaturated/α-hetero) is 1. The minimum Gasteiger partial charge on any atom is -0.495 e. The number of ketones is 1. The molecule has 0 spiro atoms. The van der Waals surface area contributed by atoms with Gasteiger partial charge in [0, 0.05) is 40.8 Å². The monoisotopic (exact) mass is 479 g/mol. The summed E-state index contributed by atoms with van der Waals surface area (Å²) in [7, 11) is 5.93. The summed E-state index contributed by atoms with van der Waals surface area (Å²) in [5.74, 6) is 0.815. The first-order chi connectivity index (χ1) is 15.9. The van der Waals surface area contributed by atoms with E-state index in [2.05, 4.69) is 35.0 Å². The number of thiophene rings is 1. The predicted octanol–water partition coefficient (Wildman–Crippen LogP) is 5.57. The first-order valence-electron chi connectivity index (χ1n) is 11.0. The van der Waals surface area contributed by atoms with Crippen molar-refractivity contribution < 1.29 is 9.53 Å². The lowest BCUT2D eigenvalue weighted by atomic mass is 9.97. The molecule has 2 aliphatic rings. The largest absolute Gasteiger partial charge is 0.495 e. The number of carbonyl (C=O) groups is 1. The third-order valence-corrected chi connectivity index (χ3v) is 7.94. The van der Waals surface area contributed by atoms with Crippen molar-refractivity contribution >= 4 is 40.6 Å². The zero-order chi connectivity index (χ0) is 23.1. The fourth-order valence-corrected chi connectivity index (χ4v) is 5.77. The second kappa shape index (κ2) is 8.93. The van der Waals surface area contributed by atoms with Crippen LogP contribution in [-0.2, 0) is 0 Å². The molecule has 0 N–H and O–H groups in total. The summed E-state index contributed by atoms with van der Waals surface area (Å²) in [5.41, 5.74) is 3.85. The smallest absolute Gasteiger partial charge is 0.202 e. The van der Waals surface area contributed by atoms with E-state index in [1.54, 1.807) is 7.11 Å². The second-order valence-corrected chi connectivity index (χ2v) is 10.2. The Morgan fingerprint density at radius 2 is 1.94 bits per heavy atom. The Labute approximate surface area is 203 Å². The van der Waals surface area contributed by atoms with Crippen LogP contribution in [0.1, 0.15) is 33.3 Å². The highest BCUT2D eigenvalue weighted by Gasteiger charge is 2.31. The van der Waals surface area contributed by atoms with Gasteiger partial charge in [0.2, 0.25) is 5.78 Å². The Morgan fingerprint density at radius 1 is 1.15 bits per heavy atom. The molecule has 3 heterocycles. The molecule has 5 rings (SSSR count). The van der Waals surface area contributed by atoms with Crippen LogP contribution < -0.4 is 9.64 Å². The van der Waals surface area contributed by atoms with Gasteiger partial charge in [-0.1, -0.05) is 29.8 Å². The van der Waals surface area contributed by atoms with Crippen LogP contribution in [0.25, 0.3) is 10.4 Å². The van der Waals surface area contributed by atoms with E-state index in [-0.39, 0.29) is 5.78 Å². The number of methoxy groups -OCH3 is 1. The van der Waals surface area contributed by atoms with E-state index in [4.69, 9.17) is 16.3 Å². The molecule has 7 heteroatoms. The average molecular weight is 480 g/mol. The number of ether oxygens (including phenoxy) is 1. The Morgan fingerprint density at radius 3 is 2.64 bits per heavy atom. The Hall–Kier alpha value is -2.67. The normalized spacial score (nSPS) is 19.9. The highest BCUT2D eigenvalue weighted by Crippen LogP contribution is 2.40. The van der Waals surface area contributed by atoms with Gasteiger partial charge in [-0.15, -0.1) is 11.3 Å². The molecule has 33 heavy (non-hydrogen) atoms. The molecule has 2 aromatic carbocycles. The standard InChI is InChI=1S/C26H26ClN3O2S/c1-29(2)20-10-11-30(15-20)21-9-6-17(12-22(21)32-3)24-25(31)26-18(14-28-24)13-23(33-26)16-4-7-19(27)8-5-16/h4-9,12-14,20,24H,10-11,15H2,1-3H3. The number of likely N-dealkylation sites (N-methyl/N-ethyl adjacent to an activating group) is 1. The number of anilines is 1. The lowest BCUT2D eigenvalue weighted by molar-refractivity contribution is 0.0964. The molecule has 1 fully saturated rings. The number of aliphatic imine (C=N–C) groups is 1. The zero-order valence-corrected chi connectivity index (χ0v) is 20.5. The van der Waals surface area contributed by atoms with E-state index in [1.807, 2.05) is 48.7 Å². The van der Waals surface area contributed by atoms with Gasteiger partial charge in [0.1, 0.15) is 11.8 Å². The molecule has 0 radical (unpaired) electrons. The lowest BCUT2D eigenvalue weighted by Gasteiger charge is -2.24. The van der Waals surface area contributed by atoms with Crippen molar-refractivity contribution in [1.82, 2.24) is 4.90 Å². The van der Waals surface area contributed by atoms with Crippen LogP contribution >= 0.6 is 22.9 Å². The van der Waals surface area contributed by atoms with Crippen LogP contribution in [0.4, 0.5) is 5.69 Å². The Bertz CT molecular complexity index is 1220. The van der Waals surface area contributed by atoms with Gasteiger partial charge < -0.3 is 14.5 Å². The quantitative estimate of drug-likeness (QED) is 0.479. The fraction of sp³-hybridized carbons (Fsp3) is 0.308. The van der Waals surface area contributed by atoms with Gasteiger partial charge in [-0.25, -0.2) is 0 Å². The number of fused-ring (bicyclic) bond motifs is 1. The van der Waals surface area contributed by atoms with E-state index in [0.29, 0.717) is 11.1 Å². The average Bonchev–Trinajstić information content (AvgIpc) is 3.48. The van der Waals surface area contributed by atoms with Crippen LogP contribution in [0, 0.1) is 0 Å². The van der Waals surface area contributed by atoms with Crippen molar-refractivity contribution in [2.75, 3.05) is 39.2 Å².